The van der Waals surface area contributed by atoms with Gasteiger partial charge in [0, 0.05) is 12.1 Å². The van der Waals surface area contributed by atoms with Crippen molar-refractivity contribution in [3.8, 4) is 0 Å². The molecule has 1 unspecified atom stereocenters. The van der Waals surface area contributed by atoms with Crippen molar-refractivity contribution in [3.63, 3.8) is 0 Å². The van der Waals surface area contributed by atoms with E-state index in [1.165, 1.54) is 12.1 Å². The number of carbonyl (C=O) groups excluding carboxylic acids is 1. The first-order chi connectivity index (χ1) is 9.42. The SMILES string of the molecule is CC(NC(=O)C1(N)CCCC1)c1cccc([N+](=O)[O-])c1.Cl. The molecule has 3 N–H and O–H groups in total. The Morgan fingerprint density at radius 1 is 1.43 bits per heavy atom. The lowest BCUT2D eigenvalue weighted by Gasteiger charge is -2.25. The molecule has 1 aliphatic rings. The molecule has 6 nitrogen and oxygen atoms in total. The van der Waals surface area contributed by atoms with Crippen LogP contribution in [0.3, 0.4) is 0 Å². The number of rotatable bonds is 4. The fraction of sp³-hybridized carbons (Fsp3) is 0.500. The van der Waals surface area contributed by atoms with Crippen LogP contribution in [-0.4, -0.2) is 16.4 Å². The number of nitrogens with zero attached hydrogens (tertiary/aromatic N) is 1. The van der Waals surface area contributed by atoms with E-state index < -0.39 is 10.5 Å². The number of amides is 1. The normalized spacial score (nSPS) is 17.6. The molecule has 0 saturated heterocycles. The summed E-state index contributed by atoms with van der Waals surface area (Å²) in [4.78, 5) is 22.5. The molecule has 2 rings (SSSR count). The number of carbonyl (C=O) groups is 1. The lowest BCUT2D eigenvalue weighted by atomic mass is 9.97. The van der Waals surface area contributed by atoms with Gasteiger partial charge in [-0.1, -0.05) is 25.0 Å². The maximum Gasteiger partial charge on any atom is 0.269 e. The van der Waals surface area contributed by atoms with Gasteiger partial charge in [-0.3, -0.25) is 14.9 Å². The lowest BCUT2D eigenvalue weighted by Crippen LogP contribution is -2.52. The summed E-state index contributed by atoms with van der Waals surface area (Å²) >= 11 is 0. The maximum atomic E-state index is 12.2. The van der Waals surface area contributed by atoms with E-state index in [2.05, 4.69) is 5.32 Å². The minimum absolute atomic E-state index is 0. The second-order valence-electron chi connectivity index (χ2n) is 5.41. The number of hydrogen-bond donors (Lipinski definition) is 2. The molecule has 7 heteroatoms. The summed E-state index contributed by atoms with van der Waals surface area (Å²) in [6.45, 7) is 1.80. The van der Waals surface area contributed by atoms with E-state index in [0.717, 1.165) is 12.8 Å². The third kappa shape index (κ3) is 3.92. The summed E-state index contributed by atoms with van der Waals surface area (Å²) in [6, 6.07) is 5.98. The minimum atomic E-state index is -0.783. The second kappa shape index (κ2) is 6.87. The molecule has 1 aromatic rings. The molecular weight excluding hydrogens is 294 g/mol. The van der Waals surface area contributed by atoms with Crippen molar-refractivity contribution in [2.24, 2.45) is 5.73 Å². The summed E-state index contributed by atoms with van der Waals surface area (Å²) in [5, 5.41) is 13.6. The smallest absolute Gasteiger partial charge is 0.269 e. The predicted molar refractivity (Wildman–Crippen MR) is 82.3 cm³/mol. The molecule has 1 saturated carbocycles. The predicted octanol–water partition coefficient (Wildman–Crippen LogP) is 2.47. The first-order valence-electron chi connectivity index (χ1n) is 6.76. The molecule has 0 bridgehead atoms. The van der Waals surface area contributed by atoms with Crippen LogP contribution in [0, 0.1) is 10.1 Å². The van der Waals surface area contributed by atoms with Gasteiger partial charge in [0.15, 0.2) is 0 Å². The summed E-state index contributed by atoms with van der Waals surface area (Å²) in [5.41, 5.74) is 6.03. The van der Waals surface area contributed by atoms with Crippen LogP contribution in [0.25, 0.3) is 0 Å². The average Bonchev–Trinajstić information content (AvgIpc) is 2.87. The van der Waals surface area contributed by atoms with Crippen LogP contribution in [0.15, 0.2) is 24.3 Å². The first-order valence-corrected chi connectivity index (χ1v) is 6.76. The van der Waals surface area contributed by atoms with Crippen molar-refractivity contribution in [2.75, 3.05) is 0 Å². The summed E-state index contributed by atoms with van der Waals surface area (Å²) in [5.74, 6) is -0.172. The Labute approximate surface area is 129 Å². The molecule has 0 aliphatic heterocycles. The van der Waals surface area contributed by atoms with Gasteiger partial charge in [-0.05, 0) is 25.3 Å². The van der Waals surface area contributed by atoms with Gasteiger partial charge in [0.2, 0.25) is 5.91 Å². The van der Waals surface area contributed by atoms with Gasteiger partial charge in [0.25, 0.3) is 5.69 Å². The largest absolute Gasteiger partial charge is 0.348 e. The van der Waals surface area contributed by atoms with Gasteiger partial charge in [-0.2, -0.15) is 0 Å². The highest BCUT2D eigenvalue weighted by molar-refractivity contribution is 5.86. The van der Waals surface area contributed by atoms with Crippen LogP contribution in [0.4, 0.5) is 5.69 Å². The quantitative estimate of drug-likeness (QED) is 0.659. The first kappa shape index (κ1) is 17.4. The van der Waals surface area contributed by atoms with Gasteiger partial charge >= 0.3 is 0 Å². The molecule has 0 heterocycles. The molecule has 21 heavy (non-hydrogen) atoms. The van der Waals surface area contributed by atoms with Gasteiger partial charge < -0.3 is 11.1 Å². The molecule has 1 aromatic carbocycles. The van der Waals surface area contributed by atoms with Gasteiger partial charge in [-0.15, -0.1) is 12.4 Å². The van der Waals surface area contributed by atoms with E-state index in [1.807, 2.05) is 0 Å². The van der Waals surface area contributed by atoms with Crippen LogP contribution in [0.2, 0.25) is 0 Å². The Balaban J connectivity index is 0.00000220. The van der Waals surface area contributed by atoms with E-state index in [0.29, 0.717) is 18.4 Å². The van der Waals surface area contributed by atoms with Crippen molar-refractivity contribution < 1.29 is 9.72 Å². The van der Waals surface area contributed by atoms with E-state index in [1.54, 1.807) is 19.1 Å². The summed E-state index contributed by atoms with van der Waals surface area (Å²) in [6.07, 6.45) is 3.32. The van der Waals surface area contributed by atoms with Crippen molar-refractivity contribution in [1.29, 1.82) is 0 Å². The van der Waals surface area contributed by atoms with Crippen LogP contribution in [0.5, 0.6) is 0 Å². The molecule has 1 fully saturated rings. The van der Waals surface area contributed by atoms with E-state index in [9.17, 15) is 14.9 Å². The van der Waals surface area contributed by atoms with Gasteiger partial charge in [0.05, 0.1) is 16.5 Å². The zero-order valence-corrected chi connectivity index (χ0v) is 12.7. The zero-order valence-electron chi connectivity index (χ0n) is 11.9. The maximum absolute atomic E-state index is 12.2. The lowest BCUT2D eigenvalue weighted by molar-refractivity contribution is -0.384. The van der Waals surface area contributed by atoms with Crippen LogP contribution in [0.1, 0.15) is 44.2 Å². The highest BCUT2D eigenvalue weighted by Crippen LogP contribution is 2.28. The highest BCUT2D eigenvalue weighted by Gasteiger charge is 2.37. The molecule has 1 atom stereocenters. The summed E-state index contributed by atoms with van der Waals surface area (Å²) in [7, 11) is 0. The number of nitro groups is 1. The average molecular weight is 314 g/mol. The molecule has 0 spiro atoms. The van der Waals surface area contributed by atoms with E-state index in [4.69, 9.17) is 5.73 Å². The Kier molecular flexibility index (Phi) is 5.69. The van der Waals surface area contributed by atoms with Crippen LogP contribution < -0.4 is 11.1 Å². The Hall–Kier alpha value is -1.66. The molecule has 1 amide bonds. The molecule has 0 radical (unpaired) electrons. The zero-order chi connectivity index (χ0) is 14.8. The van der Waals surface area contributed by atoms with Crippen molar-refractivity contribution >= 4 is 24.0 Å². The number of nitrogens with one attached hydrogen (secondary N) is 1. The number of halogens is 1. The third-order valence-electron chi connectivity index (χ3n) is 3.88. The number of hydrogen-bond acceptors (Lipinski definition) is 4. The van der Waals surface area contributed by atoms with Crippen LogP contribution >= 0.6 is 12.4 Å². The van der Waals surface area contributed by atoms with Crippen molar-refractivity contribution in [1.82, 2.24) is 5.32 Å². The topological polar surface area (TPSA) is 98.3 Å². The Morgan fingerprint density at radius 3 is 2.62 bits per heavy atom. The molecule has 116 valence electrons. The fourth-order valence-corrected chi connectivity index (χ4v) is 2.56. The summed E-state index contributed by atoms with van der Waals surface area (Å²) < 4.78 is 0. The molecule has 0 aromatic heterocycles. The van der Waals surface area contributed by atoms with E-state index >= 15 is 0 Å². The second-order valence-corrected chi connectivity index (χ2v) is 5.41. The number of non-ortho nitro benzene ring substituents is 1. The monoisotopic (exact) mass is 313 g/mol. The molecule has 1 aliphatic carbocycles. The fourth-order valence-electron chi connectivity index (χ4n) is 2.56. The third-order valence-corrected chi connectivity index (χ3v) is 3.88. The van der Waals surface area contributed by atoms with Crippen molar-refractivity contribution in [2.45, 2.75) is 44.2 Å². The Morgan fingerprint density at radius 2 is 2.05 bits per heavy atom. The minimum Gasteiger partial charge on any atom is -0.348 e. The standard InChI is InChI=1S/C14H19N3O3.ClH/c1-10(11-5-4-6-12(9-11)17(19)20)16-13(18)14(15)7-2-3-8-14;/h4-6,9-10H,2-3,7-8,15H2,1H3,(H,16,18);1H. The van der Waals surface area contributed by atoms with Gasteiger partial charge in [-0.25, -0.2) is 0 Å². The van der Waals surface area contributed by atoms with E-state index in [-0.39, 0.29) is 30.0 Å². The number of benzene rings is 1. The van der Waals surface area contributed by atoms with Crippen molar-refractivity contribution in [3.05, 3.63) is 39.9 Å². The number of nitro benzene ring substituents is 1. The highest BCUT2D eigenvalue weighted by atomic mass is 35.5. The molecular formula is C14H20ClN3O3. The van der Waals surface area contributed by atoms with Crippen LogP contribution in [-0.2, 0) is 4.79 Å². The Bertz CT molecular complexity index is 530. The van der Waals surface area contributed by atoms with Gasteiger partial charge in [0.1, 0.15) is 0 Å². The number of nitrogens with two attached hydrogens (primary N) is 1.